The van der Waals surface area contributed by atoms with Gasteiger partial charge in [0.05, 0.1) is 18.3 Å². The normalized spacial score (nSPS) is 21.2. The van der Waals surface area contributed by atoms with E-state index in [2.05, 4.69) is 128 Å². The second-order valence-electron chi connectivity index (χ2n) is 18.6. The first-order chi connectivity index (χ1) is 21.8. The summed E-state index contributed by atoms with van der Waals surface area (Å²) in [6.45, 7) is 40.1. The summed E-state index contributed by atoms with van der Waals surface area (Å²) >= 11 is 0. The van der Waals surface area contributed by atoms with Gasteiger partial charge in [0.1, 0.15) is 0 Å². The topological polar surface area (TPSA) is 55.8 Å². The van der Waals surface area contributed by atoms with E-state index in [1.807, 2.05) is 18.2 Å². The molecule has 1 saturated carbocycles. The lowest BCUT2D eigenvalue weighted by Gasteiger charge is -2.44. The number of carbonyl (C=O) groups excluding carboxylic acids is 1. The molecule has 1 rings (SSSR count). The van der Waals surface area contributed by atoms with Gasteiger partial charge in [0.2, 0.25) is 0 Å². The van der Waals surface area contributed by atoms with Crippen molar-refractivity contribution in [2.24, 2.45) is 35.5 Å². The highest BCUT2D eigenvalue weighted by Gasteiger charge is 2.43. The summed E-state index contributed by atoms with van der Waals surface area (Å²) in [6.07, 6.45) is 17.9. The Hall–Kier alpha value is -1.06. The Kier molecular flexibility index (Phi) is 17.8. The quantitative estimate of drug-likeness (QED) is 0.0630. The van der Waals surface area contributed by atoms with Gasteiger partial charge < -0.3 is 14.0 Å². The van der Waals surface area contributed by atoms with Crippen LogP contribution in [0.4, 0.5) is 0 Å². The molecule has 4 nitrogen and oxygen atoms in total. The van der Waals surface area contributed by atoms with Crippen molar-refractivity contribution in [3.8, 4) is 0 Å². The Morgan fingerprint density at radius 1 is 0.833 bits per heavy atom. The van der Waals surface area contributed by atoms with Crippen molar-refractivity contribution in [3.63, 3.8) is 0 Å². The molecule has 1 aliphatic rings. The van der Waals surface area contributed by atoms with E-state index < -0.39 is 22.7 Å². The van der Waals surface area contributed by atoms with Crippen molar-refractivity contribution in [3.05, 3.63) is 48.6 Å². The fourth-order valence-corrected chi connectivity index (χ4v) is 9.63. The van der Waals surface area contributed by atoms with Crippen molar-refractivity contribution in [1.82, 2.24) is 0 Å². The molecule has 0 spiro atoms. The smallest absolute Gasteiger partial charge is 0.192 e. The van der Waals surface area contributed by atoms with Gasteiger partial charge in [-0.1, -0.05) is 144 Å². The second kappa shape index (κ2) is 19.0. The van der Waals surface area contributed by atoms with Gasteiger partial charge in [0, 0.05) is 18.3 Å². The highest BCUT2D eigenvalue weighted by Crippen LogP contribution is 2.42. The first kappa shape index (κ1) is 45.0. The third kappa shape index (κ3) is 13.9. The van der Waals surface area contributed by atoms with Gasteiger partial charge in [0.15, 0.2) is 22.4 Å². The lowest BCUT2D eigenvalue weighted by Crippen LogP contribution is -2.49. The molecule has 278 valence electrons. The van der Waals surface area contributed by atoms with Gasteiger partial charge >= 0.3 is 0 Å². The minimum atomic E-state index is -2.11. The zero-order valence-corrected chi connectivity index (χ0v) is 36.3. The molecular weight excluding hydrogens is 625 g/mol. The van der Waals surface area contributed by atoms with Crippen LogP contribution in [0.1, 0.15) is 122 Å². The SMILES string of the molecule is C=CC=C[C@H](C)[C@H](O)[C@@H](C)[C@H](O[Si](C)(C)C(C)(C)C)[C@@H](C)CC(C)=C[C@H](C)[C@@H](O[Si](C)(C)C(C)(C)C)[C@@H](C)C=CC(=O)CC1CCCC1. The Morgan fingerprint density at radius 3 is 1.81 bits per heavy atom. The van der Waals surface area contributed by atoms with Gasteiger partial charge in [-0.25, -0.2) is 0 Å². The van der Waals surface area contributed by atoms with Crippen LogP contribution in [0.15, 0.2) is 48.6 Å². The van der Waals surface area contributed by atoms with Crippen LogP contribution >= 0.6 is 0 Å². The number of hydrogen-bond acceptors (Lipinski definition) is 4. The maximum Gasteiger partial charge on any atom is 0.192 e. The predicted molar refractivity (Wildman–Crippen MR) is 214 cm³/mol. The molecule has 0 aliphatic heterocycles. The fourth-order valence-electron chi connectivity index (χ4n) is 6.68. The Balaban J connectivity index is 3.35. The van der Waals surface area contributed by atoms with Gasteiger partial charge in [0.25, 0.3) is 0 Å². The van der Waals surface area contributed by atoms with E-state index in [1.54, 1.807) is 6.08 Å². The minimum Gasteiger partial charge on any atom is -0.413 e. The van der Waals surface area contributed by atoms with Crippen LogP contribution in [0.2, 0.25) is 36.3 Å². The molecule has 0 unspecified atom stereocenters. The van der Waals surface area contributed by atoms with Crippen LogP contribution in [0, 0.1) is 35.5 Å². The van der Waals surface area contributed by atoms with E-state index >= 15 is 0 Å². The largest absolute Gasteiger partial charge is 0.413 e. The zero-order valence-electron chi connectivity index (χ0n) is 34.3. The summed E-state index contributed by atoms with van der Waals surface area (Å²) in [5, 5.41) is 11.6. The van der Waals surface area contributed by atoms with Crippen molar-refractivity contribution < 1.29 is 18.8 Å². The molecule has 0 aromatic carbocycles. The molecule has 1 N–H and O–H groups in total. The third-order valence-electron chi connectivity index (χ3n) is 12.0. The average molecular weight is 703 g/mol. The summed E-state index contributed by atoms with van der Waals surface area (Å²) in [6, 6.07) is 0. The predicted octanol–water partition coefficient (Wildman–Crippen LogP) is 12.1. The zero-order chi connectivity index (χ0) is 37.3. The molecule has 48 heavy (non-hydrogen) atoms. The van der Waals surface area contributed by atoms with Crippen molar-refractivity contribution in [2.75, 3.05) is 0 Å². The van der Waals surface area contributed by atoms with Gasteiger partial charge in [-0.2, -0.15) is 0 Å². The minimum absolute atomic E-state index is 0.000194. The molecule has 1 aliphatic carbocycles. The Labute approximate surface area is 300 Å². The lowest BCUT2D eigenvalue weighted by molar-refractivity contribution is -0.115. The lowest BCUT2D eigenvalue weighted by atomic mass is 9.81. The molecule has 0 aromatic rings. The van der Waals surface area contributed by atoms with Crippen LogP contribution in [-0.4, -0.2) is 45.8 Å². The number of hydrogen-bond donors (Lipinski definition) is 1. The van der Waals surface area contributed by atoms with Crippen LogP contribution in [0.5, 0.6) is 0 Å². The Bertz CT molecular complexity index is 1080. The molecule has 0 saturated heterocycles. The summed E-state index contributed by atoms with van der Waals surface area (Å²) in [5.41, 5.74) is 1.32. The second-order valence-corrected chi connectivity index (χ2v) is 28.1. The molecule has 0 radical (unpaired) electrons. The van der Waals surface area contributed by atoms with Gasteiger partial charge in [-0.05, 0) is 79.4 Å². The van der Waals surface area contributed by atoms with Crippen molar-refractivity contribution in [1.29, 1.82) is 0 Å². The van der Waals surface area contributed by atoms with Gasteiger partial charge in [-0.3, -0.25) is 4.79 Å². The summed E-state index contributed by atoms with van der Waals surface area (Å²) in [5.74, 6) is 1.27. The van der Waals surface area contributed by atoms with Crippen LogP contribution in [0.3, 0.4) is 0 Å². The summed E-state index contributed by atoms with van der Waals surface area (Å²) in [7, 11) is -4.18. The Morgan fingerprint density at radius 2 is 1.33 bits per heavy atom. The van der Waals surface area contributed by atoms with E-state index in [0.717, 1.165) is 6.42 Å². The van der Waals surface area contributed by atoms with Crippen LogP contribution in [0.25, 0.3) is 0 Å². The number of ketones is 1. The molecule has 0 amide bonds. The molecule has 0 aromatic heterocycles. The van der Waals surface area contributed by atoms with Gasteiger partial charge in [-0.15, -0.1) is 0 Å². The van der Waals surface area contributed by atoms with Crippen LogP contribution < -0.4 is 0 Å². The fraction of sp³-hybridized carbons (Fsp3) is 0.786. The highest BCUT2D eigenvalue weighted by molar-refractivity contribution is 6.74. The highest BCUT2D eigenvalue weighted by atomic mass is 28.4. The van der Waals surface area contributed by atoms with E-state index in [-0.39, 0.29) is 57.7 Å². The average Bonchev–Trinajstić information content (AvgIpc) is 3.46. The maximum atomic E-state index is 12.9. The monoisotopic (exact) mass is 703 g/mol. The van der Waals surface area contributed by atoms with E-state index in [0.29, 0.717) is 12.3 Å². The number of carbonyl (C=O) groups is 1. The summed E-state index contributed by atoms with van der Waals surface area (Å²) in [4.78, 5) is 12.9. The van der Waals surface area contributed by atoms with Crippen molar-refractivity contribution >= 4 is 22.4 Å². The van der Waals surface area contributed by atoms with E-state index in [4.69, 9.17) is 8.85 Å². The molecule has 0 heterocycles. The molecule has 8 atom stereocenters. The maximum absolute atomic E-state index is 12.9. The molecule has 6 heteroatoms. The first-order valence-electron chi connectivity index (χ1n) is 19.1. The summed E-state index contributed by atoms with van der Waals surface area (Å²) < 4.78 is 14.3. The standard InChI is InChI=1S/C42H78O4Si2/c1-18-19-22-31(3)38(44)35(7)40(46-48(16,17)42(11,12)13)34(6)28-30(2)27-33(5)39(45-47(14,15)41(8,9)10)32(4)25-26-37(43)29-36-23-20-21-24-36/h18-19,22,25-27,31-36,38-40,44H,1,20-21,23-24,28-29H2,2-17H3/t31-,32-,33-,34-,35+,38-,39-,40+/m0/s1. The van der Waals surface area contributed by atoms with Crippen molar-refractivity contribution in [2.45, 2.75) is 176 Å². The van der Waals surface area contributed by atoms with E-state index in [9.17, 15) is 9.90 Å². The third-order valence-corrected chi connectivity index (χ3v) is 20.9. The van der Waals surface area contributed by atoms with Crippen LogP contribution in [-0.2, 0) is 13.6 Å². The number of rotatable bonds is 19. The molecule has 0 bridgehead atoms. The number of allylic oxidation sites excluding steroid dienone is 4. The molecular formula is C42H78O4Si2. The first-order valence-corrected chi connectivity index (χ1v) is 24.9. The number of aliphatic hydroxyl groups excluding tert-OH is 1. The van der Waals surface area contributed by atoms with E-state index in [1.165, 1.54) is 31.3 Å². The number of aliphatic hydroxyl groups is 1. The molecule has 1 fully saturated rings.